The number of nitrogens with one attached hydrogen (secondary N) is 1. The van der Waals surface area contributed by atoms with Gasteiger partial charge in [0.1, 0.15) is 0 Å². The van der Waals surface area contributed by atoms with Crippen LogP contribution in [-0.4, -0.2) is 7.05 Å². The topological polar surface area (TPSA) is 12.0 Å². The fourth-order valence-electron chi connectivity index (χ4n) is 3.54. The molecule has 0 saturated heterocycles. The molecule has 1 aromatic carbocycles. The van der Waals surface area contributed by atoms with Gasteiger partial charge < -0.3 is 5.32 Å². The van der Waals surface area contributed by atoms with Crippen LogP contribution in [0.15, 0.2) is 12.1 Å². The molecule has 1 N–H and O–H groups in total. The maximum atomic E-state index is 3.59. The third kappa shape index (κ3) is 1.78. The molecule has 0 atom stereocenters. The van der Waals surface area contributed by atoms with Gasteiger partial charge in [-0.25, -0.2) is 0 Å². The fourth-order valence-corrected chi connectivity index (χ4v) is 3.54. The Morgan fingerprint density at radius 2 is 1.50 bits per heavy atom. The first-order valence-electron chi connectivity index (χ1n) is 6.36. The van der Waals surface area contributed by atoms with Gasteiger partial charge in [0.05, 0.1) is 0 Å². The Bertz CT molecular complexity index is 363. The zero-order valence-electron chi connectivity index (χ0n) is 11.0. The van der Waals surface area contributed by atoms with E-state index in [0.29, 0.717) is 0 Å². The van der Waals surface area contributed by atoms with E-state index < -0.39 is 0 Å². The highest BCUT2D eigenvalue weighted by Gasteiger charge is 2.35. The van der Waals surface area contributed by atoms with Crippen LogP contribution < -0.4 is 5.32 Å². The number of benzene rings is 1. The summed E-state index contributed by atoms with van der Waals surface area (Å²) >= 11 is 0. The Balaban J connectivity index is 2.54. The summed E-state index contributed by atoms with van der Waals surface area (Å²) in [7, 11) is 2.12. The van der Waals surface area contributed by atoms with Crippen molar-refractivity contribution in [2.24, 2.45) is 0 Å². The van der Waals surface area contributed by atoms with Crippen molar-refractivity contribution in [3.8, 4) is 0 Å². The van der Waals surface area contributed by atoms with E-state index in [1.54, 1.807) is 5.56 Å². The van der Waals surface area contributed by atoms with Gasteiger partial charge in [-0.2, -0.15) is 0 Å². The molecule has 1 aliphatic carbocycles. The molecule has 1 fully saturated rings. The molecule has 16 heavy (non-hydrogen) atoms. The number of rotatable bonds is 2. The highest BCUT2D eigenvalue weighted by atomic mass is 14.9. The van der Waals surface area contributed by atoms with Crippen LogP contribution in [-0.2, 0) is 5.54 Å². The summed E-state index contributed by atoms with van der Waals surface area (Å²) in [6.07, 6.45) is 5.28. The van der Waals surface area contributed by atoms with Crippen LogP contribution in [0.3, 0.4) is 0 Å². The second kappa shape index (κ2) is 4.21. The molecule has 0 aromatic heterocycles. The monoisotopic (exact) mass is 217 g/mol. The van der Waals surface area contributed by atoms with Gasteiger partial charge in [0.2, 0.25) is 0 Å². The molecule has 0 radical (unpaired) electrons. The average Bonchev–Trinajstić information content (AvgIpc) is 2.66. The quantitative estimate of drug-likeness (QED) is 0.798. The third-order valence-electron chi connectivity index (χ3n) is 4.09. The number of aryl methyl sites for hydroxylation is 3. The Hall–Kier alpha value is -0.820. The molecule has 0 spiro atoms. The molecule has 0 unspecified atom stereocenters. The molecule has 0 heterocycles. The van der Waals surface area contributed by atoms with E-state index in [1.165, 1.54) is 42.4 Å². The van der Waals surface area contributed by atoms with E-state index in [9.17, 15) is 0 Å². The molecule has 0 bridgehead atoms. The Morgan fingerprint density at radius 3 is 1.94 bits per heavy atom. The summed E-state index contributed by atoms with van der Waals surface area (Å²) in [5, 5.41) is 3.59. The SMILES string of the molecule is CNC1(c2c(C)cc(C)cc2C)CCCC1. The molecule has 1 saturated carbocycles. The standard InChI is InChI=1S/C15H23N/c1-11-9-12(2)14(13(3)10-11)15(16-4)7-5-6-8-15/h9-10,16H,5-8H2,1-4H3. The zero-order chi connectivity index (χ0) is 11.8. The summed E-state index contributed by atoms with van der Waals surface area (Å²) < 4.78 is 0. The summed E-state index contributed by atoms with van der Waals surface area (Å²) in [6, 6.07) is 4.64. The second-order valence-corrected chi connectivity index (χ2v) is 5.31. The highest BCUT2D eigenvalue weighted by molar-refractivity contribution is 5.42. The summed E-state index contributed by atoms with van der Waals surface area (Å²) in [5.41, 5.74) is 6.09. The molecule has 0 amide bonds. The van der Waals surface area contributed by atoms with Gasteiger partial charge in [-0.3, -0.25) is 0 Å². The van der Waals surface area contributed by atoms with Crippen LogP contribution in [0, 0.1) is 20.8 Å². The number of hydrogen-bond acceptors (Lipinski definition) is 1. The minimum absolute atomic E-state index is 0.252. The van der Waals surface area contributed by atoms with Gasteiger partial charge in [0.25, 0.3) is 0 Å². The molecule has 1 aliphatic rings. The first-order chi connectivity index (χ1) is 7.59. The lowest BCUT2D eigenvalue weighted by molar-refractivity contribution is 0.369. The van der Waals surface area contributed by atoms with Crippen molar-refractivity contribution in [2.75, 3.05) is 7.05 Å². The van der Waals surface area contributed by atoms with Gasteiger partial charge in [-0.05, 0) is 57.4 Å². The van der Waals surface area contributed by atoms with Crippen molar-refractivity contribution in [1.29, 1.82) is 0 Å². The third-order valence-corrected chi connectivity index (χ3v) is 4.09. The van der Waals surface area contributed by atoms with E-state index in [0.717, 1.165) is 0 Å². The van der Waals surface area contributed by atoms with Crippen LogP contribution in [0.1, 0.15) is 47.9 Å². The lowest BCUT2D eigenvalue weighted by atomic mass is 9.82. The molecule has 1 nitrogen and oxygen atoms in total. The normalized spacial score (nSPS) is 19.0. The van der Waals surface area contributed by atoms with Gasteiger partial charge in [-0.1, -0.05) is 30.5 Å². The van der Waals surface area contributed by atoms with Gasteiger partial charge in [0, 0.05) is 5.54 Å². The fraction of sp³-hybridized carbons (Fsp3) is 0.600. The van der Waals surface area contributed by atoms with Crippen molar-refractivity contribution in [1.82, 2.24) is 5.32 Å². The Labute approximate surface area is 99.3 Å². The van der Waals surface area contributed by atoms with E-state index in [-0.39, 0.29) is 5.54 Å². The van der Waals surface area contributed by atoms with E-state index in [2.05, 4.69) is 45.3 Å². The largest absolute Gasteiger partial charge is 0.310 e. The van der Waals surface area contributed by atoms with Crippen molar-refractivity contribution in [2.45, 2.75) is 52.0 Å². The minimum atomic E-state index is 0.252. The van der Waals surface area contributed by atoms with Crippen molar-refractivity contribution >= 4 is 0 Å². The molecular formula is C15H23N. The summed E-state index contributed by atoms with van der Waals surface area (Å²) in [4.78, 5) is 0. The van der Waals surface area contributed by atoms with Crippen molar-refractivity contribution < 1.29 is 0 Å². The summed E-state index contributed by atoms with van der Waals surface area (Å²) in [5.74, 6) is 0. The first-order valence-corrected chi connectivity index (χ1v) is 6.36. The lowest BCUT2D eigenvalue weighted by Crippen LogP contribution is -2.38. The van der Waals surface area contributed by atoms with E-state index >= 15 is 0 Å². The second-order valence-electron chi connectivity index (χ2n) is 5.31. The van der Waals surface area contributed by atoms with Crippen LogP contribution in [0.2, 0.25) is 0 Å². The highest BCUT2D eigenvalue weighted by Crippen LogP contribution is 2.41. The van der Waals surface area contributed by atoms with E-state index in [1.807, 2.05) is 0 Å². The van der Waals surface area contributed by atoms with Gasteiger partial charge in [0.15, 0.2) is 0 Å². The lowest BCUT2D eigenvalue weighted by Gasteiger charge is -2.33. The van der Waals surface area contributed by atoms with Gasteiger partial charge in [-0.15, -0.1) is 0 Å². The molecular weight excluding hydrogens is 194 g/mol. The molecule has 2 rings (SSSR count). The molecule has 88 valence electrons. The maximum absolute atomic E-state index is 3.59. The van der Waals surface area contributed by atoms with Crippen molar-refractivity contribution in [3.05, 3.63) is 34.4 Å². The van der Waals surface area contributed by atoms with E-state index in [4.69, 9.17) is 0 Å². The molecule has 1 aromatic rings. The predicted molar refractivity (Wildman–Crippen MR) is 69.9 cm³/mol. The van der Waals surface area contributed by atoms with Crippen LogP contribution >= 0.6 is 0 Å². The van der Waals surface area contributed by atoms with Crippen molar-refractivity contribution in [3.63, 3.8) is 0 Å². The zero-order valence-corrected chi connectivity index (χ0v) is 11.0. The van der Waals surface area contributed by atoms with Crippen LogP contribution in [0.4, 0.5) is 0 Å². The van der Waals surface area contributed by atoms with Crippen LogP contribution in [0.5, 0.6) is 0 Å². The molecule has 0 aliphatic heterocycles. The first kappa shape index (κ1) is 11.7. The minimum Gasteiger partial charge on any atom is -0.310 e. The smallest absolute Gasteiger partial charge is 0.0437 e. The summed E-state index contributed by atoms with van der Waals surface area (Å²) in [6.45, 7) is 6.70. The number of hydrogen-bond donors (Lipinski definition) is 1. The van der Waals surface area contributed by atoms with Crippen LogP contribution in [0.25, 0.3) is 0 Å². The predicted octanol–water partition coefficient (Wildman–Crippen LogP) is 3.60. The average molecular weight is 217 g/mol. The maximum Gasteiger partial charge on any atom is 0.0437 e. The Morgan fingerprint density at radius 1 is 1.00 bits per heavy atom. The molecule has 1 heteroatoms. The van der Waals surface area contributed by atoms with Gasteiger partial charge >= 0.3 is 0 Å². The Kier molecular flexibility index (Phi) is 3.07.